The minimum atomic E-state index is -1.01. The number of aromatic amines is 1. The Morgan fingerprint density at radius 1 is 1.32 bits per heavy atom. The predicted octanol–water partition coefficient (Wildman–Crippen LogP) is 0.318. The first-order valence-electron chi connectivity index (χ1n) is 5.16. The monoisotopic (exact) mass is 279 g/mol. The van der Waals surface area contributed by atoms with Crippen LogP contribution in [0.15, 0.2) is 43.9 Å². The molecular formula is C11H9N3O4S. The van der Waals surface area contributed by atoms with Crippen LogP contribution in [-0.2, 0) is 7.05 Å². The Balaban J connectivity index is 2.31. The number of carbonyl (C=O) groups is 1. The van der Waals surface area contributed by atoms with E-state index in [1.54, 1.807) is 19.2 Å². The lowest BCUT2D eigenvalue weighted by molar-refractivity contribution is 0.0697. The van der Waals surface area contributed by atoms with Gasteiger partial charge in [-0.15, -0.1) is 0 Å². The van der Waals surface area contributed by atoms with E-state index in [1.165, 1.54) is 16.8 Å². The highest BCUT2D eigenvalue weighted by Crippen LogP contribution is 2.24. The first kappa shape index (κ1) is 13.1. The molecule has 1 heterocycles. The molecule has 0 radical (unpaired) electrons. The zero-order valence-corrected chi connectivity index (χ0v) is 10.6. The lowest BCUT2D eigenvalue weighted by Gasteiger charge is -2.05. The standard InChI is InChI=1S/C11H9N3O4S/c1-14-11(12-8(15)9(16)13-14)19-7-4-2-6(3-5-7)10(17)18/h2-5H,1H3,(H,13,16)(H,17,18). The molecule has 0 saturated carbocycles. The average Bonchev–Trinajstić information content (AvgIpc) is 2.36. The Kier molecular flexibility index (Phi) is 3.52. The lowest BCUT2D eigenvalue weighted by atomic mass is 10.2. The van der Waals surface area contributed by atoms with Gasteiger partial charge in [0.2, 0.25) is 0 Å². The Hall–Kier alpha value is -2.35. The number of carboxylic acid groups (broad SMARTS) is 1. The van der Waals surface area contributed by atoms with E-state index in [0.717, 1.165) is 11.8 Å². The van der Waals surface area contributed by atoms with Crippen LogP contribution in [-0.4, -0.2) is 25.8 Å². The summed E-state index contributed by atoms with van der Waals surface area (Å²) in [5.74, 6) is -1.01. The Morgan fingerprint density at radius 3 is 2.53 bits per heavy atom. The normalized spacial score (nSPS) is 10.4. The van der Waals surface area contributed by atoms with Crippen molar-refractivity contribution in [2.24, 2.45) is 7.05 Å². The van der Waals surface area contributed by atoms with Crippen molar-refractivity contribution in [2.75, 3.05) is 0 Å². The number of rotatable bonds is 3. The summed E-state index contributed by atoms with van der Waals surface area (Å²) in [5.41, 5.74) is -1.47. The third-order valence-electron chi connectivity index (χ3n) is 2.26. The highest BCUT2D eigenvalue weighted by Gasteiger charge is 2.07. The molecule has 8 heteroatoms. The van der Waals surface area contributed by atoms with Gasteiger partial charge in [-0.05, 0) is 24.3 Å². The molecule has 1 aromatic carbocycles. The molecule has 2 aromatic rings. The smallest absolute Gasteiger partial charge is 0.339 e. The molecule has 0 amide bonds. The van der Waals surface area contributed by atoms with Crippen LogP contribution in [0.5, 0.6) is 0 Å². The van der Waals surface area contributed by atoms with Crippen LogP contribution in [0.25, 0.3) is 0 Å². The molecule has 2 N–H and O–H groups in total. The maximum atomic E-state index is 11.2. The summed E-state index contributed by atoms with van der Waals surface area (Å²) in [6, 6.07) is 6.11. The fourth-order valence-corrected chi connectivity index (χ4v) is 2.12. The van der Waals surface area contributed by atoms with Crippen molar-refractivity contribution in [2.45, 2.75) is 10.1 Å². The molecule has 0 bridgehead atoms. The van der Waals surface area contributed by atoms with Gasteiger partial charge in [0, 0.05) is 11.9 Å². The number of benzene rings is 1. The van der Waals surface area contributed by atoms with E-state index in [4.69, 9.17) is 5.11 Å². The molecule has 0 aliphatic carbocycles. The maximum absolute atomic E-state index is 11.2. The molecule has 2 rings (SSSR count). The van der Waals surface area contributed by atoms with Crippen LogP contribution in [0, 0.1) is 0 Å². The van der Waals surface area contributed by atoms with Gasteiger partial charge in [0.1, 0.15) is 0 Å². The first-order chi connectivity index (χ1) is 8.97. The molecule has 0 spiro atoms. The van der Waals surface area contributed by atoms with E-state index in [1.807, 2.05) is 0 Å². The van der Waals surface area contributed by atoms with Crippen molar-refractivity contribution in [3.05, 3.63) is 50.5 Å². The zero-order chi connectivity index (χ0) is 14.0. The molecule has 7 nitrogen and oxygen atoms in total. The number of aromatic carboxylic acids is 1. The third-order valence-corrected chi connectivity index (χ3v) is 3.31. The van der Waals surface area contributed by atoms with Crippen molar-refractivity contribution in [3.8, 4) is 0 Å². The van der Waals surface area contributed by atoms with E-state index < -0.39 is 17.1 Å². The van der Waals surface area contributed by atoms with Crippen molar-refractivity contribution in [1.29, 1.82) is 0 Å². The Morgan fingerprint density at radius 2 is 1.95 bits per heavy atom. The van der Waals surface area contributed by atoms with Gasteiger partial charge in [0.05, 0.1) is 5.56 Å². The summed E-state index contributed by atoms with van der Waals surface area (Å²) in [7, 11) is 1.56. The quantitative estimate of drug-likeness (QED) is 0.784. The van der Waals surface area contributed by atoms with Crippen LogP contribution < -0.4 is 11.1 Å². The Bertz CT molecular complexity index is 733. The van der Waals surface area contributed by atoms with Gasteiger partial charge < -0.3 is 5.11 Å². The summed E-state index contributed by atoms with van der Waals surface area (Å²) < 4.78 is 1.33. The number of carboxylic acids is 1. The molecule has 98 valence electrons. The Labute approximate surface area is 110 Å². The number of H-pyrrole nitrogens is 1. The van der Waals surface area contributed by atoms with Gasteiger partial charge in [-0.3, -0.25) is 19.4 Å². The highest BCUT2D eigenvalue weighted by molar-refractivity contribution is 7.99. The van der Waals surface area contributed by atoms with Crippen LogP contribution >= 0.6 is 11.8 Å². The molecule has 0 unspecified atom stereocenters. The van der Waals surface area contributed by atoms with E-state index in [-0.39, 0.29) is 5.56 Å². The topological polar surface area (TPSA) is 105 Å². The number of hydrogen-bond acceptors (Lipinski definition) is 5. The van der Waals surface area contributed by atoms with Crippen molar-refractivity contribution in [1.82, 2.24) is 14.8 Å². The van der Waals surface area contributed by atoms with Crippen LogP contribution in [0.1, 0.15) is 10.4 Å². The van der Waals surface area contributed by atoms with Crippen molar-refractivity contribution >= 4 is 17.7 Å². The maximum Gasteiger partial charge on any atom is 0.339 e. The fraction of sp³-hybridized carbons (Fsp3) is 0.0909. The summed E-state index contributed by atoms with van der Waals surface area (Å²) in [5, 5.41) is 11.4. The van der Waals surface area contributed by atoms with Gasteiger partial charge in [0.25, 0.3) is 0 Å². The van der Waals surface area contributed by atoms with Gasteiger partial charge in [0.15, 0.2) is 5.16 Å². The second-order valence-electron chi connectivity index (χ2n) is 3.63. The second-order valence-corrected chi connectivity index (χ2v) is 4.67. The number of aromatic nitrogens is 3. The minimum absolute atomic E-state index is 0.174. The summed E-state index contributed by atoms with van der Waals surface area (Å²) in [6.45, 7) is 0. The minimum Gasteiger partial charge on any atom is -0.478 e. The number of hydrogen-bond donors (Lipinski definition) is 2. The summed E-state index contributed by atoms with van der Waals surface area (Å²) in [4.78, 5) is 37.3. The largest absolute Gasteiger partial charge is 0.478 e. The summed E-state index contributed by atoms with van der Waals surface area (Å²) >= 11 is 1.15. The fourth-order valence-electron chi connectivity index (χ4n) is 1.32. The number of aryl methyl sites for hydroxylation is 1. The zero-order valence-electron chi connectivity index (χ0n) is 9.78. The molecule has 0 atom stereocenters. The SMILES string of the molecule is Cn1[nH]c(=O)c(=O)nc1Sc1ccc(C(=O)O)cc1. The molecule has 19 heavy (non-hydrogen) atoms. The highest BCUT2D eigenvalue weighted by atomic mass is 32.2. The van der Waals surface area contributed by atoms with Gasteiger partial charge >= 0.3 is 17.1 Å². The molecule has 0 saturated heterocycles. The van der Waals surface area contributed by atoms with E-state index in [0.29, 0.717) is 10.1 Å². The van der Waals surface area contributed by atoms with Gasteiger partial charge in [-0.25, -0.2) is 4.79 Å². The second kappa shape index (κ2) is 5.11. The van der Waals surface area contributed by atoms with Crippen molar-refractivity contribution < 1.29 is 9.90 Å². The molecule has 1 aromatic heterocycles. The predicted molar refractivity (Wildman–Crippen MR) is 67.6 cm³/mol. The van der Waals surface area contributed by atoms with Crippen molar-refractivity contribution in [3.63, 3.8) is 0 Å². The van der Waals surface area contributed by atoms with Gasteiger partial charge in [-0.2, -0.15) is 4.98 Å². The van der Waals surface area contributed by atoms with Gasteiger partial charge in [-0.1, -0.05) is 11.8 Å². The van der Waals surface area contributed by atoms with E-state index >= 15 is 0 Å². The molecule has 0 aliphatic heterocycles. The molecule has 0 aliphatic rings. The van der Waals surface area contributed by atoms with Crippen LogP contribution in [0.4, 0.5) is 0 Å². The average molecular weight is 279 g/mol. The summed E-state index contributed by atoms with van der Waals surface area (Å²) in [6.07, 6.45) is 0. The molecule has 0 fully saturated rings. The van der Waals surface area contributed by atoms with Crippen LogP contribution in [0.2, 0.25) is 0 Å². The first-order valence-corrected chi connectivity index (χ1v) is 5.97. The molecular weight excluding hydrogens is 270 g/mol. The third kappa shape index (κ3) is 2.91. The van der Waals surface area contributed by atoms with E-state index in [2.05, 4.69) is 10.1 Å². The number of nitrogens with one attached hydrogen (secondary N) is 1. The lowest BCUT2D eigenvalue weighted by Crippen LogP contribution is -2.33. The van der Waals surface area contributed by atoms with Crippen LogP contribution in [0.3, 0.4) is 0 Å². The van der Waals surface area contributed by atoms with E-state index in [9.17, 15) is 14.4 Å². The number of nitrogens with zero attached hydrogens (tertiary/aromatic N) is 2.